The first kappa shape index (κ1) is 17.0. The average Bonchev–Trinajstić information content (AvgIpc) is 3.06. The van der Waals surface area contributed by atoms with Crippen molar-refractivity contribution in [2.45, 2.75) is 56.9 Å². The summed E-state index contributed by atoms with van der Waals surface area (Å²) in [5.74, 6) is 1.58. The Morgan fingerprint density at radius 3 is 2.74 bits per heavy atom. The van der Waals surface area contributed by atoms with Crippen molar-refractivity contribution in [1.82, 2.24) is 19.9 Å². The Hall–Kier alpha value is -2.18. The second-order valence-electron chi connectivity index (χ2n) is 7.85. The SMILES string of the molecule is Cc1ccc(-n2ncc(-c3nc(C4(N)CCCC4)no3)c2C2CC2)cc1Cl. The average molecular weight is 384 g/mol. The van der Waals surface area contributed by atoms with E-state index in [4.69, 9.17) is 21.9 Å². The van der Waals surface area contributed by atoms with Gasteiger partial charge in [-0.2, -0.15) is 10.1 Å². The number of nitrogens with zero attached hydrogens (tertiary/aromatic N) is 4. The molecule has 3 aromatic rings. The summed E-state index contributed by atoms with van der Waals surface area (Å²) in [6.45, 7) is 1.99. The topological polar surface area (TPSA) is 82.8 Å². The number of hydrogen-bond acceptors (Lipinski definition) is 5. The first-order chi connectivity index (χ1) is 13.0. The highest BCUT2D eigenvalue weighted by Gasteiger charge is 2.38. The maximum absolute atomic E-state index is 6.49. The quantitative estimate of drug-likeness (QED) is 0.717. The predicted octanol–water partition coefficient (Wildman–Crippen LogP) is 4.49. The van der Waals surface area contributed by atoms with Crippen LogP contribution < -0.4 is 5.73 Å². The molecular formula is C20H22ClN5O. The fraction of sp³-hybridized carbons (Fsp3) is 0.450. The van der Waals surface area contributed by atoms with Crippen LogP contribution in [0, 0.1) is 6.92 Å². The molecule has 2 aliphatic rings. The van der Waals surface area contributed by atoms with E-state index in [0.29, 0.717) is 17.6 Å². The van der Waals surface area contributed by atoms with Gasteiger partial charge in [0, 0.05) is 10.9 Å². The molecule has 0 radical (unpaired) electrons. The van der Waals surface area contributed by atoms with Crippen LogP contribution in [0.1, 0.15) is 61.5 Å². The molecule has 2 saturated carbocycles. The van der Waals surface area contributed by atoms with E-state index >= 15 is 0 Å². The van der Waals surface area contributed by atoms with Crippen LogP contribution in [0.15, 0.2) is 28.9 Å². The molecule has 140 valence electrons. The Bertz CT molecular complexity index is 998. The zero-order valence-electron chi connectivity index (χ0n) is 15.3. The summed E-state index contributed by atoms with van der Waals surface area (Å²) in [5.41, 5.74) is 10.0. The van der Waals surface area contributed by atoms with Gasteiger partial charge in [-0.1, -0.05) is 35.7 Å². The summed E-state index contributed by atoms with van der Waals surface area (Å²) in [6.07, 6.45) is 8.13. The lowest BCUT2D eigenvalue weighted by atomic mass is 9.98. The van der Waals surface area contributed by atoms with Crippen LogP contribution in [-0.2, 0) is 5.54 Å². The van der Waals surface area contributed by atoms with E-state index < -0.39 is 5.54 Å². The van der Waals surface area contributed by atoms with Gasteiger partial charge in [-0.3, -0.25) is 0 Å². The minimum Gasteiger partial charge on any atom is -0.334 e. The van der Waals surface area contributed by atoms with E-state index in [0.717, 1.165) is 66.1 Å². The molecule has 2 aromatic heterocycles. The van der Waals surface area contributed by atoms with Gasteiger partial charge in [-0.05, 0) is 50.3 Å². The summed E-state index contributed by atoms with van der Waals surface area (Å²) in [4.78, 5) is 4.66. The largest absolute Gasteiger partial charge is 0.334 e. The molecule has 0 unspecified atom stereocenters. The Labute approximate surface area is 162 Å². The van der Waals surface area contributed by atoms with Gasteiger partial charge in [0.2, 0.25) is 0 Å². The van der Waals surface area contributed by atoms with Crippen molar-refractivity contribution in [2.75, 3.05) is 0 Å². The van der Waals surface area contributed by atoms with Gasteiger partial charge in [-0.25, -0.2) is 4.68 Å². The summed E-state index contributed by atoms with van der Waals surface area (Å²) < 4.78 is 7.57. The number of halogens is 1. The number of benzene rings is 1. The molecule has 0 spiro atoms. The van der Waals surface area contributed by atoms with Crippen molar-refractivity contribution < 1.29 is 4.52 Å². The molecule has 0 aliphatic heterocycles. The van der Waals surface area contributed by atoms with Crippen LogP contribution in [0.5, 0.6) is 0 Å². The van der Waals surface area contributed by atoms with E-state index in [1.807, 2.05) is 36.0 Å². The molecular weight excluding hydrogens is 362 g/mol. The van der Waals surface area contributed by atoms with Crippen LogP contribution in [-0.4, -0.2) is 19.9 Å². The van der Waals surface area contributed by atoms with Crippen LogP contribution >= 0.6 is 11.6 Å². The normalized spacial score (nSPS) is 18.9. The monoisotopic (exact) mass is 383 g/mol. The van der Waals surface area contributed by atoms with Crippen molar-refractivity contribution in [3.8, 4) is 17.1 Å². The molecule has 5 rings (SSSR count). The number of aromatic nitrogens is 4. The third-order valence-electron chi connectivity index (χ3n) is 5.77. The van der Waals surface area contributed by atoms with Crippen molar-refractivity contribution in [3.05, 3.63) is 46.5 Å². The fourth-order valence-electron chi connectivity index (χ4n) is 3.96. The van der Waals surface area contributed by atoms with Gasteiger partial charge in [0.15, 0.2) is 5.82 Å². The van der Waals surface area contributed by atoms with E-state index in [9.17, 15) is 0 Å². The minimum absolute atomic E-state index is 0.455. The number of hydrogen-bond donors (Lipinski definition) is 1. The molecule has 7 heteroatoms. The highest BCUT2D eigenvalue weighted by molar-refractivity contribution is 6.31. The van der Waals surface area contributed by atoms with Gasteiger partial charge in [0.05, 0.1) is 28.7 Å². The predicted molar refractivity (Wildman–Crippen MR) is 103 cm³/mol. The van der Waals surface area contributed by atoms with Crippen LogP contribution in [0.2, 0.25) is 5.02 Å². The second-order valence-corrected chi connectivity index (χ2v) is 8.26. The molecule has 0 saturated heterocycles. The summed E-state index contributed by atoms with van der Waals surface area (Å²) >= 11 is 6.33. The first-order valence-electron chi connectivity index (χ1n) is 9.53. The number of nitrogens with two attached hydrogens (primary N) is 1. The summed E-state index contributed by atoms with van der Waals surface area (Å²) in [5, 5.41) is 9.56. The molecule has 2 N–H and O–H groups in total. The molecule has 6 nitrogen and oxygen atoms in total. The van der Waals surface area contributed by atoms with Crippen LogP contribution in [0.4, 0.5) is 0 Å². The smallest absolute Gasteiger partial charge is 0.261 e. The van der Waals surface area contributed by atoms with E-state index in [1.54, 1.807) is 0 Å². The first-order valence-corrected chi connectivity index (χ1v) is 9.91. The van der Waals surface area contributed by atoms with Crippen LogP contribution in [0.3, 0.4) is 0 Å². The number of aryl methyl sites for hydroxylation is 1. The van der Waals surface area contributed by atoms with Gasteiger partial charge in [0.1, 0.15) is 0 Å². The zero-order chi connectivity index (χ0) is 18.6. The summed E-state index contributed by atoms with van der Waals surface area (Å²) in [7, 11) is 0. The Morgan fingerprint density at radius 2 is 2.04 bits per heavy atom. The second kappa shape index (κ2) is 6.17. The van der Waals surface area contributed by atoms with Crippen molar-refractivity contribution in [2.24, 2.45) is 5.73 Å². The maximum Gasteiger partial charge on any atom is 0.261 e. The molecule has 0 bridgehead atoms. The molecule has 27 heavy (non-hydrogen) atoms. The lowest BCUT2D eigenvalue weighted by molar-refractivity contribution is 0.372. The van der Waals surface area contributed by atoms with E-state index in [-0.39, 0.29) is 0 Å². The van der Waals surface area contributed by atoms with Gasteiger partial charge in [-0.15, -0.1) is 0 Å². The van der Waals surface area contributed by atoms with Crippen LogP contribution in [0.25, 0.3) is 17.1 Å². The Balaban J connectivity index is 1.57. The molecule has 0 amide bonds. The van der Waals surface area contributed by atoms with Gasteiger partial charge in [0.25, 0.3) is 5.89 Å². The van der Waals surface area contributed by atoms with Crippen molar-refractivity contribution in [3.63, 3.8) is 0 Å². The molecule has 2 aliphatic carbocycles. The Morgan fingerprint density at radius 1 is 1.26 bits per heavy atom. The van der Waals surface area contributed by atoms with E-state index in [1.165, 1.54) is 0 Å². The lowest BCUT2D eigenvalue weighted by Gasteiger charge is -2.17. The molecule has 2 fully saturated rings. The van der Waals surface area contributed by atoms with Crippen molar-refractivity contribution in [1.29, 1.82) is 0 Å². The minimum atomic E-state index is -0.456. The third kappa shape index (κ3) is 2.87. The lowest BCUT2D eigenvalue weighted by Crippen LogP contribution is -2.34. The van der Waals surface area contributed by atoms with Crippen molar-refractivity contribution >= 4 is 11.6 Å². The highest BCUT2D eigenvalue weighted by Crippen LogP contribution is 2.45. The molecule has 0 atom stereocenters. The summed E-state index contributed by atoms with van der Waals surface area (Å²) in [6, 6.07) is 6.00. The van der Waals surface area contributed by atoms with Gasteiger partial charge >= 0.3 is 0 Å². The Kier molecular flexibility index (Phi) is 3.88. The zero-order valence-corrected chi connectivity index (χ0v) is 16.0. The molecule has 1 aromatic carbocycles. The maximum atomic E-state index is 6.49. The van der Waals surface area contributed by atoms with Gasteiger partial charge < -0.3 is 10.3 Å². The number of rotatable bonds is 4. The standard InChI is InChI=1S/C20H22ClN5O/c1-12-4-7-14(10-16(12)21)26-17(13-5-6-13)15(11-23-26)18-24-19(25-27-18)20(22)8-2-3-9-20/h4,7,10-11,13H,2-3,5-6,8-9,22H2,1H3. The fourth-order valence-corrected chi connectivity index (χ4v) is 4.13. The third-order valence-corrected chi connectivity index (χ3v) is 6.18. The van der Waals surface area contributed by atoms with E-state index in [2.05, 4.69) is 15.2 Å². The molecule has 2 heterocycles. The highest BCUT2D eigenvalue weighted by atomic mass is 35.5.